The zero-order valence-electron chi connectivity index (χ0n) is 14.6. The summed E-state index contributed by atoms with van der Waals surface area (Å²) in [6.45, 7) is 5.09. The quantitative estimate of drug-likeness (QED) is 0.805. The Labute approximate surface area is 144 Å². The standard InChI is InChI=1S/C21H26N2O/c1-14-19-8-5-10-23-11-9-20(18(19)23)16-6-3-4-7-17(16)22(2)21(14,20)15(12-19)13-24/h3-8,14-15,18,24H,9-13H2,1-2H3/t14-,15+,18+,19+,20-,21-/m1/s1. The van der Waals surface area contributed by atoms with Crippen LogP contribution in [0.3, 0.4) is 0 Å². The van der Waals surface area contributed by atoms with Gasteiger partial charge in [0.15, 0.2) is 0 Å². The monoisotopic (exact) mass is 322 g/mol. The Morgan fingerprint density at radius 3 is 2.96 bits per heavy atom. The molecule has 6 atom stereocenters. The lowest BCUT2D eigenvalue weighted by molar-refractivity contribution is 0.0467. The molecule has 0 amide bonds. The second kappa shape index (κ2) is 3.91. The predicted molar refractivity (Wildman–Crippen MR) is 95.2 cm³/mol. The SMILES string of the molecule is C[C@@H]1[C@]23C=CCN4CC[C@@]5(c6ccccc6N(C)[C@@]15[C@H](CO)C2)[C@@H]43. The molecule has 2 aliphatic carbocycles. The minimum Gasteiger partial charge on any atom is -0.396 e. The van der Waals surface area contributed by atoms with Crippen molar-refractivity contribution in [1.29, 1.82) is 0 Å². The van der Waals surface area contributed by atoms with Crippen LogP contribution in [-0.2, 0) is 5.41 Å². The van der Waals surface area contributed by atoms with Crippen LogP contribution >= 0.6 is 0 Å². The number of nitrogens with zero attached hydrogens (tertiary/aromatic N) is 2. The van der Waals surface area contributed by atoms with Gasteiger partial charge in [0.2, 0.25) is 0 Å². The molecule has 2 saturated carbocycles. The van der Waals surface area contributed by atoms with Crippen molar-refractivity contribution in [2.45, 2.75) is 36.8 Å². The maximum absolute atomic E-state index is 10.4. The maximum atomic E-state index is 10.4. The molecule has 126 valence electrons. The van der Waals surface area contributed by atoms with Gasteiger partial charge >= 0.3 is 0 Å². The van der Waals surface area contributed by atoms with Crippen molar-refractivity contribution in [3.63, 3.8) is 0 Å². The van der Waals surface area contributed by atoms with Gasteiger partial charge in [-0.25, -0.2) is 0 Å². The molecule has 3 fully saturated rings. The summed E-state index contributed by atoms with van der Waals surface area (Å²) in [6.07, 6.45) is 7.34. The van der Waals surface area contributed by atoms with Crippen molar-refractivity contribution >= 4 is 5.69 Å². The molecule has 0 aromatic heterocycles. The second-order valence-corrected chi connectivity index (χ2v) is 8.84. The van der Waals surface area contributed by atoms with Gasteiger partial charge in [-0.15, -0.1) is 0 Å². The molecule has 0 unspecified atom stereocenters. The highest BCUT2D eigenvalue weighted by molar-refractivity contribution is 5.72. The Morgan fingerprint density at radius 1 is 1.29 bits per heavy atom. The van der Waals surface area contributed by atoms with E-state index in [1.807, 2.05) is 0 Å². The Balaban J connectivity index is 1.74. The minimum absolute atomic E-state index is 0.0690. The van der Waals surface area contributed by atoms with E-state index in [1.54, 1.807) is 5.56 Å². The molecular formula is C21H26N2O. The Hall–Kier alpha value is -1.32. The summed E-state index contributed by atoms with van der Waals surface area (Å²) in [5, 5.41) is 10.4. The van der Waals surface area contributed by atoms with Crippen molar-refractivity contribution in [3.05, 3.63) is 42.0 Å². The summed E-state index contributed by atoms with van der Waals surface area (Å²) in [6, 6.07) is 9.70. The van der Waals surface area contributed by atoms with Crippen LogP contribution in [0.15, 0.2) is 36.4 Å². The van der Waals surface area contributed by atoms with E-state index in [-0.39, 0.29) is 16.4 Å². The number of likely N-dealkylation sites (N-methyl/N-ethyl adjacent to an activating group) is 1. The fourth-order valence-corrected chi connectivity index (χ4v) is 8.55. The smallest absolute Gasteiger partial charge is 0.0596 e. The van der Waals surface area contributed by atoms with Gasteiger partial charge in [0.05, 0.1) is 5.54 Å². The van der Waals surface area contributed by atoms with Gasteiger partial charge in [0.25, 0.3) is 0 Å². The molecule has 3 aliphatic heterocycles. The molecule has 3 heterocycles. The molecule has 1 aromatic rings. The number of para-hydroxylation sites is 1. The van der Waals surface area contributed by atoms with E-state index in [4.69, 9.17) is 0 Å². The number of rotatable bonds is 1. The summed E-state index contributed by atoms with van der Waals surface area (Å²) in [5.41, 5.74) is 3.47. The van der Waals surface area contributed by atoms with Gasteiger partial charge in [-0.05, 0) is 36.9 Å². The van der Waals surface area contributed by atoms with Gasteiger partial charge in [0.1, 0.15) is 0 Å². The van der Waals surface area contributed by atoms with Crippen LogP contribution in [0, 0.1) is 17.3 Å². The van der Waals surface area contributed by atoms with Crippen LogP contribution in [0.1, 0.15) is 25.3 Å². The van der Waals surface area contributed by atoms with E-state index in [1.165, 1.54) is 18.7 Å². The van der Waals surface area contributed by atoms with Crippen molar-refractivity contribution < 1.29 is 5.11 Å². The zero-order valence-corrected chi connectivity index (χ0v) is 14.6. The number of fused-ring (bicyclic) bond motifs is 1. The minimum atomic E-state index is 0.0690. The second-order valence-electron chi connectivity index (χ2n) is 8.84. The average Bonchev–Trinajstić information content (AvgIpc) is 3.25. The fraction of sp³-hybridized carbons (Fsp3) is 0.619. The predicted octanol–water partition coefficient (Wildman–Crippen LogP) is 2.41. The van der Waals surface area contributed by atoms with Crippen LogP contribution in [0.4, 0.5) is 5.69 Å². The molecule has 1 saturated heterocycles. The first kappa shape index (κ1) is 13.9. The third-order valence-electron chi connectivity index (χ3n) is 8.83. The average molecular weight is 322 g/mol. The van der Waals surface area contributed by atoms with E-state index in [0.717, 1.165) is 13.0 Å². The van der Waals surface area contributed by atoms with E-state index >= 15 is 0 Å². The highest BCUT2D eigenvalue weighted by Gasteiger charge is 2.85. The molecule has 0 radical (unpaired) electrons. The highest BCUT2D eigenvalue weighted by atomic mass is 16.3. The van der Waals surface area contributed by atoms with E-state index in [2.05, 4.69) is 60.2 Å². The normalized spacial score (nSPS) is 50.3. The van der Waals surface area contributed by atoms with E-state index in [9.17, 15) is 5.11 Å². The molecule has 6 rings (SSSR count). The largest absolute Gasteiger partial charge is 0.396 e. The van der Waals surface area contributed by atoms with Gasteiger partial charge < -0.3 is 10.0 Å². The summed E-state index contributed by atoms with van der Waals surface area (Å²) in [5.74, 6) is 0.938. The van der Waals surface area contributed by atoms with Gasteiger partial charge in [-0.1, -0.05) is 37.3 Å². The molecule has 1 N–H and O–H groups in total. The number of hydrogen-bond donors (Lipinski definition) is 1. The summed E-state index contributed by atoms with van der Waals surface area (Å²) < 4.78 is 0. The molecule has 24 heavy (non-hydrogen) atoms. The Bertz CT molecular complexity index is 775. The lowest BCUT2D eigenvalue weighted by Crippen LogP contribution is -2.64. The van der Waals surface area contributed by atoms with Crippen molar-refractivity contribution in [3.8, 4) is 0 Å². The van der Waals surface area contributed by atoms with E-state index in [0.29, 0.717) is 24.5 Å². The molecule has 5 aliphatic rings. The van der Waals surface area contributed by atoms with Crippen LogP contribution in [0.2, 0.25) is 0 Å². The lowest BCUT2D eigenvalue weighted by atomic mass is 9.57. The number of anilines is 1. The summed E-state index contributed by atoms with van der Waals surface area (Å²) >= 11 is 0. The summed E-state index contributed by atoms with van der Waals surface area (Å²) in [7, 11) is 2.30. The van der Waals surface area contributed by atoms with Crippen molar-refractivity contribution in [2.75, 3.05) is 31.6 Å². The first-order valence-corrected chi connectivity index (χ1v) is 9.50. The van der Waals surface area contributed by atoms with Gasteiger partial charge in [-0.3, -0.25) is 4.90 Å². The fourth-order valence-electron chi connectivity index (χ4n) is 8.55. The first-order valence-electron chi connectivity index (χ1n) is 9.50. The summed E-state index contributed by atoms with van der Waals surface area (Å²) in [4.78, 5) is 5.35. The van der Waals surface area contributed by atoms with Gasteiger partial charge in [-0.2, -0.15) is 0 Å². The number of benzene rings is 1. The van der Waals surface area contributed by atoms with Crippen molar-refractivity contribution in [2.24, 2.45) is 17.3 Å². The molecule has 3 spiro atoms. The Kier molecular flexibility index (Phi) is 2.27. The molecule has 3 heteroatoms. The zero-order chi connectivity index (χ0) is 16.3. The molecule has 2 bridgehead atoms. The molecular weight excluding hydrogens is 296 g/mol. The maximum Gasteiger partial charge on any atom is 0.0596 e. The van der Waals surface area contributed by atoms with Gasteiger partial charge in [0, 0.05) is 48.7 Å². The number of hydrogen-bond acceptors (Lipinski definition) is 3. The van der Waals surface area contributed by atoms with Crippen LogP contribution in [0.5, 0.6) is 0 Å². The lowest BCUT2D eigenvalue weighted by Gasteiger charge is -2.53. The van der Waals surface area contributed by atoms with E-state index < -0.39 is 0 Å². The molecule has 3 nitrogen and oxygen atoms in total. The van der Waals surface area contributed by atoms with Crippen LogP contribution in [0.25, 0.3) is 0 Å². The highest BCUT2D eigenvalue weighted by Crippen LogP contribution is 2.80. The topological polar surface area (TPSA) is 26.7 Å². The Morgan fingerprint density at radius 2 is 2.12 bits per heavy atom. The first-order chi connectivity index (χ1) is 11.6. The third kappa shape index (κ3) is 1.02. The number of aliphatic hydroxyl groups is 1. The van der Waals surface area contributed by atoms with Crippen LogP contribution in [-0.4, -0.2) is 48.3 Å². The number of aliphatic hydroxyl groups excluding tert-OH is 1. The van der Waals surface area contributed by atoms with Crippen LogP contribution < -0.4 is 4.90 Å². The third-order valence-corrected chi connectivity index (χ3v) is 8.83. The van der Waals surface area contributed by atoms with Crippen molar-refractivity contribution in [1.82, 2.24) is 4.90 Å². The molecule has 1 aromatic carbocycles.